The van der Waals surface area contributed by atoms with Crippen molar-refractivity contribution in [3.05, 3.63) is 78.9 Å². The molecule has 4 heteroatoms. The lowest BCUT2D eigenvalue weighted by atomic mass is 9.98. The van der Waals surface area contributed by atoms with E-state index in [1.54, 1.807) is 24.6 Å². The maximum atomic E-state index is 13.1. The molecule has 0 aliphatic carbocycles. The molecule has 1 aromatic carbocycles. The topological polar surface area (TPSA) is 38.5 Å². The Balaban J connectivity index is 2.48. The summed E-state index contributed by atoms with van der Waals surface area (Å²) in [6.07, 6.45) is 5.93. The van der Waals surface area contributed by atoms with E-state index in [0.717, 1.165) is 17.7 Å². The van der Waals surface area contributed by atoms with Gasteiger partial charge in [-0.25, -0.2) is 4.39 Å². The van der Waals surface area contributed by atoms with E-state index in [-0.39, 0.29) is 11.7 Å². The minimum absolute atomic E-state index is 0.121. The summed E-state index contributed by atoms with van der Waals surface area (Å²) in [6.45, 7) is 9.67. The Hall–Kier alpha value is -2.49. The van der Waals surface area contributed by atoms with Gasteiger partial charge >= 0.3 is 0 Å². The van der Waals surface area contributed by atoms with Crippen molar-refractivity contribution in [3.8, 4) is 0 Å². The van der Waals surface area contributed by atoms with Gasteiger partial charge in [0.1, 0.15) is 12.1 Å². The van der Waals surface area contributed by atoms with Gasteiger partial charge in [-0.2, -0.15) is 0 Å². The van der Waals surface area contributed by atoms with Crippen molar-refractivity contribution in [1.82, 2.24) is 4.90 Å². The van der Waals surface area contributed by atoms with Crippen molar-refractivity contribution < 1.29 is 9.13 Å². The molecule has 1 heterocycles. The molecule has 0 radical (unpaired) electrons. The number of halogens is 1. The van der Waals surface area contributed by atoms with Gasteiger partial charge in [-0.3, -0.25) is 4.90 Å². The van der Waals surface area contributed by atoms with E-state index < -0.39 is 0 Å². The largest absolute Gasteiger partial charge is 0.447 e. The summed E-state index contributed by atoms with van der Waals surface area (Å²) < 4.78 is 18.3. The van der Waals surface area contributed by atoms with E-state index in [0.29, 0.717) is 11.6 Å². The van der Waals surface area contributed by atoms with Crippen LogP contribution < -0.4 is 5.73 Å². The maximum absolute atomic E-state index is 13.1. The summed E-state index contributed by atoms with van der Waals surface area (Å²) in [5.74, 6) is 0.322. The maximum Gasteiger partial charge on any atom is 0.196 e. The molecule has 0 bridgehead atoms. The molecule has 1 unspecified atom stereocenters. The Kier molecular flexibility index (Phi) is 4.48. The van der Waals surface area contributed by atoms with Gasteiger partial charge in [-0.1, -0.05) is 13.0 Å². The first-order valence-corrected chi connectivity index (χ1v) is 6.72. The lowest BCUT2D eigenvalue weighted by molar-refractivity contribution is 0.289. The van der Waals surface area contributed by atoms with Crippen LogP contribution in [0.15, 0.2) is 67.5 Å². The molecule has 1 aliphatic rings. The van der Waals surface area contributed by atoms with E-state index in [1.807, 2.05) is 17.9 Å². The highest BCUT2D eigenvalue weighted by Gasteiger charge is 2.23. The molecular weight excluding hydrogens is 267 g/mol. The van der Waals surface area contributed by atoms with E-state index >= 15 is 0 Å². The van der Waals surface area contributed by atoms with Crippen LogP contribution in [0.3, 0.4) is 0 Å². The molecule has 1 atom stereocenters. The third-order valence-corrected chi connectivity index (χ3v) is 3.36. The summed E-state index contributed by atoms with van der Waals surface area (Å²) in [4.78, 5) is 1.81. The van der Waals surface area contributed by atoms with Crippen LogP contribution in [0.4, 0.5) is 4.39 Å². The minimum Gasteiger partial charge on any atom is -0.447 e. The highest BCUT2D eigenvalue weighted by Crippen LogP contribution is 2.31. The number of benzene rings is 1. The summed E-state index contributed by atoms with van der Waals surface area (Å²) >= 11 is 0. The second-order valence-corrected chi connectivity index (χ2v) is 4.90. The Morgan fingerprint density at radius 2 is 2.10 bits per heavy atom. The molecule has 0 amide bonds. The van der Waals surface area contributed by atoms with Gasteiger partial charge in [0.25, 0.3) is 0 Å². The van der Waals surface area contributed by atoms with Gasteiger partial charge in [-0.15, -0.1) is 6.58 Å². The Labute approximate surface area is 124 Å². The highest BCUT2D eigenvalue weighted by molar-refractivity contribution is 5.66. The fourth-order valence-electron chi connectivity index (χ4n) is 2.30. The summed E-state index contributed by atoms with van der Waals surface area (Å²) in [7, 11) is 0. The average Bonchev–Trinajstić information content (AvgIpc) is 2.86. The highest BCUT2D eigenvalue weighted by atomic mass is 19.1. The molecule has 3 nitrogen and oxygen atoms in total. The van der Waals surface area contributed by atoms with Gasteiger partial charge in [0.2, 0.25) is 0 Å². The van der Waals surface area contributed by atoms with Crippen LogP contribution in [0.1, 0.15) is 18.9 Å². The average molecular weight is 286 g/mol. The summed E-state index contributed by atoms with van der Waals surface area (Å²) in [5.41, 5.74) is 8.50. The first-order chi connectivity index (χ1) is 10.0. The van der Waals surface area contributed by atoms with Crippen molar-refractivity contribution >= 4 is 5.70 Å². The fraction of sp³-hybridized carbons (Fsp3) is 0.176. The molecule has 0 fully saturated rings. The van der Waals surface area contributed by atoms with Gasteiger partial charge in [-0.05, 0) is 42.8 Å². The van der Waals surface area contributed by atoms with Crippen molar-refractivity contribution in [3.63, 3.8) is 0 Å². The third kappa shape index (κ3) is 3.16. The quantitative estimate of drug-likeness (QED) is 0.833. The molecule has 2 rings (SSSR count). The number of allylic oxidation sites excluding steroid dienone is 2. The van der Waals surface area contributed by atoms with E-state index in [9.17, 15) is 4.39 Å². The van der Waals surface area contributed by atoms with Gasteiger partial charge in [0.15, 0.2) is 5.88 Å². The molecule has 0 spiro atoms. The van der Waals surface area contributed by atoms with Crippen LogP contribution in [-0.4, -0.2) is 4.90 Å². The van der Waals surface area contributed by atoms with E-state index in [1.165, 1.54) is 12.1 Å². The van der Waals surface area contributed by atoms with Crippen LogP contribution in [0, 0.1) is 11.7 Å². The first kappa shape index (κ1) is 14.9. The Bertz CT molecular complexity index is 602. The van der Waals surface area contributed by atoms with Crippen molar-refractivity contribution in [2.75, 3.05) is 0 Å². The normalized spacial score (nSPS) is 16.5. The van der Waals surface area contributed by atoms with Crippen molar-refractivity contribution in [2.24, 2.45) is 11.7 Å². The number of hydrogen-bond acceptors (Lipinski definition) is 3. The molecule has 0 saturated carbocycles. The molecule has 110 valence electrons. The summed E-state index contributed by atoms with van der Waals surface area (Å²) in [5, 5.41) is 0. The number of hydrogen-bond donors (Lipinski definition) is 1. The third-order valence-electron chi connectivity index (χ3n) is 3.36. The van der Waals surface area contributed by atoms with Crippen LogP contribution in [0.5, 0.6) is 0 Å². The molecule has 0 saturated heterocycles. The lowest BCUT2D eigenvalue weighted by Crippen LogP contribution is -2.22. The van der Waals surface area contributed by atoms with Gasteiger partial charge in [0.05, 0.1) is 11.4 Å². The number of nitrogens with two attached hydrogens (primary N) is 1. The molecular formula is C17H19FN2O. The second kappa shape index (κ2) is 6.31. The minimum atomic E-state index is -0.291. The van der Waals surface area contributed by atoms with Gasteiger partial charge in [0, 0.05) is 12.1 Å². The molecule has 1 aromatic rings. The molecule has 2 N–H and O–H groups in total. The van der Waals surface area contributed by atoms with Crippen LogP contribution >= 0.6 is 0 Å². The predicted octanol–water partition coefficient (Wildman–Crippen LogP) is 3.94. The number of nitrogens with zero attached hydrogens (tertiary/aromatic N) is 1. The van der Waals surface area contributed by atoms with Crippen molar-refractivity contribution in [2.45, 2.75) is 13.3 Å². The molecule has 0 aromatic heterocycles. The fourth-order valence-corrected chi connectivity index (χ4v) is 2.30. The van der Waals surface area contributed by atoms with Crippen LogP contribution in [0.2, 0.25) is 0 Å². The standard InChI is InChI=1S/C17H19FN2O/c1-4-5-12(2)17(20-10-11-21-13(20)3)16(19)14-6-8-15(18)9-7-14/h4,6-12H,1,3,5,19H2,2H3/b17-16-. The molecule has 1 aliphatic heterocycles. The second-order valence-electron chi connectivity index (χ2n) is 4.90. The van der Waals surface area contributed by atoms with E-state index in [2.05, 4.69) is 13.2 Å². The smallest absolute Gasteiger partial charge is 0.196 e. The van der Waals surface area contributed by atoms with Crippen LogP contribution in [0.25, 0.3) is 5.70 Å². The van der Waals surface area contributed by atoms with Crippen LogP contribution in [-0.2, 0) is 4.74 Å². The van der Waals surface area contributed by atoms with E-state index in [4.69, 9.17) is 10.5 Å². The summed E-state index contributed by atoms with van der Waals surface area (Å²) in [6, 6.07) is 6.11. The Morgan fingerprint density at radius 3 is 2.62 bits per heavy atom. The zero-order chi connectivity index (χ0) is 15.4. The van der Waals surface area contributed by atoms with Gasteiger partial charge < -0.3 is 10.5 Å². The predicted molar refractivity (Wildman–Crippen MR) is 82.7 cm³/mol. The molecule has 21 heavy (non-hydrogen) atoms. The zero-order valence-corrected chi connectivity index (χ0v) is 12.1. The monoisotopic (exact) mass is 286 g/mol. The number of ether oxygens (including phenoxy) is 1. The lowest BCUT2D eigenvalue weighted by Gasteiger charge is -2.26. The number of rotatable bonds is 5. The Morgan fingerprint density at radius 1 is 1.43 bits per heavy atom. The first-order valence-electron chi connectivity index (χ1n) is 6.72. The SMILES string of the molecule is C=CCC(C)/C(=C(/N)c1ccc(F)cc1)N1C=COC1=C. The zero-order valence-electron chi connectivity index (χ0n) is 12.1. The van der Waals surface area contributed by atoms with Crippen molar-refractivity contribution in [1.29, 1.82) is 0 Å².